The standard InChI is InChI=1S/C11H20N4O/c1-8-10(9(2)15(4)14-8)7-13-6-5-11(16)12-3/h13H,5-7H2,1-4H3,(H,12,16). The van der Waals surface area contributed by atoms with Gasteiger partial charge in [0.1, 0.15) is 0 Å². The van der Waals surface area contributed by atoms with E-state index in [4.69, 9.17) is 0 Å². The zero-order valence-electron chi connectivity index (χ0n) is 10.4. The Bertz CT molecular complexity index is 370. The number of hydrogen-bond donors (Lipinski definition) is 2. The summed E-state index contributed by atoms with van der Waals surface area (Å²) in [6, 6.07) is 0. The van der Waals surface area contributed by atoms with E-state index >= 15 is 0 Å². The van der Waals surface area contributed by atoms with Crippen molar-refractivity contribution in [2.45, 2.75) is 26.8 Å². The highest BCUT2D eigenvalue weighted by Gasteiger charge is 2.08. The van der Waals surface area contributed by atoms with Gasteiger partial charge in [-0.2, -0.15) is 5.10 Å². The van der Waals surface area contributed by atoms with Crippen molar-refractivity contribution < 1.29 is 4.79 Å². The van der Waals surface area contributed by atoms with Crippen LogP contribution in [0.25, 0.3) is 0 Å². The Hall–Kier alpha value is -1.36. The van der Waals surface area contributed by atoms with Crippen LogP contribution >= 0.6 is 0 Å². The highest BCUT2D eigenvalue weighted by Crippen LogP contribution is 2.10. The van der Waals surface area contributed by atoms with Crippen molar-refractivity contribution >= 4 is 5.91 Å². The van der Waals surface area contributed by atoms with Crippen molar-refractivity contribution in [3.8, 4) is 0 Å². The number of amides is 1. The first-order valence-electron chi connectivity index (χ1n) is 5.46. The molecule has 90 valence electrons. The first-order valence-corrected chi connectivity index (χ1v) is 5.46. The predicted octanol–water partition coefficient (Wildman–Crippen LogP) is 0.263. The lowest BCUT2D eigenvalue weighted by atomic mass is 10.2. The minimum atomic E-state index is 0.0622. The van der Waals surface area contributed by atoms with Crippen molar-refractivity contribution in [3.05, 3.63) is 17.0 Å². The summed E-state index contributed by atoms with van der Waals surface area (Å²) in [5.74, 6) is 0.0622. The van der Waals surface area contributed by atoms with Crippen molar-refractivity contribution in [2.75, 3.05) is 13.6 Å². The Morgan fingerprint density at radius 2 is 2.12 bits per heavy atom. The maximum absolute atomic E-state index is 11.0. The number of aryl methyl sites for hydroxylation is 2. The Kier molecular flexibility index (Phi) is 4.49. The molecule has 0 atom stereocenters. The molecular weight excluding hydrogens is 204 g/mol. The smallest absolute Gasteiger partial charge is 0.221 e. The molecule has 1 aromatic heterocycles. The van der Waals surface area contributed by atoms with Gasteiger partial charge in [-0.3, -0.25) is 9.48 Å². The van der Waals surface area contributed by atoms with Crippen LogP contribution in [0.1, 0.15) is 23.4 Å². The van der Waals surface area contributed by atoms with Gasteiger partial charge in [-0.1, -0.05) is 0 Å². The minimum absolute atomic E-state index is 0.0622. The van der Waals surface area contributed by atoms with Crippen LogP contribution in [0.3, 0.4) is 0 Å². The van der Waals surface area contributed by atoms with Gasteiger partial charge in [0.05, 0.1) is 5.69 Å². The summed E-state index contributed by atoms with van der Waals surface area (Å²) in [5.41, 5.74) is 3.44. The molecule has 0 unspecified atom stereocenters. The molecule has 1 heterocycles. The average molecular weight is 224 g/mol. The van der Waals surface area contributed by atoms with Gasteiger partial charge in [0, 0.05) is 44.9 Å². The van der Waals surface area contributed by atoms with Gasteiger partial charge in [-0.25, -0.2) is 0 Å². The molecule has 0 saturated carbocycles. The molecule has 0 aromatic carbocycles. The largest absolute Gasteiger partial charge is 0.359 e. The first-order chi connectivity index (χ1) is 7.56. The van der Waals surface area contributed by atoms with Crippen molar-refractivity contribution in [3.63, 3.8) is 0 Å². The summed E-state index contributed by atoms with van der Waals surface area (Å²) in [7, 11) is 3.59. The molecule has 0 aliphatic heterocycles. The number of rotatable bonds is 5. The molecule has 0 aliphatic rings. The van der Waals surface area contributed by atoms with Crippen LogP contribution in [0.5, 0.6) is 0 Å². The normalized spacial score (nSPS) is 10.5. The molecule has 1 amide bonds. The van der Waals surface area contributed by atoms with Gasteiger partial charge in [0.2, 0.25) is 5.91 Å². The lowest BCUT2D eigenvalue weighted by molar-refractivity contribution is -0.120. The average Bonchev–Trinajstić information content (AvgIpc) is 2.49. The van der Waals surface area contributed by atoms with E-state index in [-0.39, 0.29) is 5.91 Å². The van der Waals surface area contributed by atoms with E-state index in [1.54, 1.807) is 7.05 Å². The number of hydrogen-bond acceptors (Lipinski definition) is 3. The molecule has 0 aliphatic carbocycles. The zero-order valence-corrected chi connectivity index (χ0v) is 10.4. The van der Waals surface area contributed by atoms with E-state index in [1.807, 2.05) is 18.7 Å². The molecule has 16 heavy (non-hydrogen) atoms. The number of carbonyl (C=O) groups is 1. The summed E-state index contributed by atoms with van der Waals surface area (Å²) >= 11 is 0. The molecule has 2 N–H and O–H groups in total. The lowest BCUT2D eigenvalue weighted by Crippen LogP contribution is -2.24. The fraction of sp³-hybridized carbons (Fsp3) is 0.636. The maximum Gasteiger partial charge on any atom is 0.221 e. The molecule has 5 nitrogen and oxygen atoms in total. The number of aromatic nitrogens is 2. The van der Waals surface area contributed by atoms with Crippen LogP contribution in [0.15, 0.2) is 0 Å². The van der Waals surface area contributed by atoms with E-state index in [0.29, 0.717) is 13.0 Å². The fourth-order valence-electron chi connectivity index (χ4n) is 1.61. The minimum Gasteiger partial charge on any atom is -0.359 e. The van der Waals surface area contributed by atoms with Gasteiger partial charge >= 0.3 is 0 Å². The predicted molar refractivity (Wildman–Crippen MR) is 63.1 cm³/mol. The molecule has 1 aromatic rings. The van der Waals surface area contributed by atoms with Gasteiger partial charge in [-0.15, -0.1) is 0 Å². The van der Waals surface area contributed by atoms with Crippen molar-refractivity contribution in [2.24, 2.45) is 7.05 Å². The van der Waals surface area contributed by atoms with Crippen LogP contribution < -0.4 is 10.6 Å². The second kappa shape index (κ2) is 5.65. The second-order valence-electron chi connectivity index (χ2n) is 3.87. The van der Waals surface area contributed by atoms with E-state index in [1.165, 1.54) is 11.3 Å². The highest BCUT2D eigenvalue weighted by molar-refractivity contribution is 5.75. The fourth-order valence-corrected chi connectivity index (χ4v) is 1.61. The van der Waals surface area contributed by atoms with E-state index in [0.717, 1.165) is 12.2 Å². The Balaban J connectivity index is 2.40. The zero-order chi connectivity index (χ0) is 12.1. The Labute approximate surface area is 96.2 Å². The first kappa shape index (κ1) is 12.7. The Morgan fingerprint density at radius 1 is 1.44 bits per heavy atom. The van der Waals surface area contributed by atoms with Gasteiger partial charge in [0.25, 0.3) is 0 Å². The monoisotopic (exact) mass is 224 g/mol. The molecule has 0 radical (unpaired) electrons. The molecule has 0 bridgehead atoms. The number of carbonyl (C=O) groups excluding carboxylic acids is 1. The third-order valence-corrected chi connectivity index (χ3v) is 2.77. The summed E-state index contributed by atoms with van der Waals surface area (Å²) in [6.07, 6.45) is 0.509. The van der Waals surface area contributed by atoms with E-state index in [2.05, 4.69) is 22.7 Å². The summed E-state index contributed by atoms with van der Waals surface area (Å²) in [5, 5.41) is 10.2. The van der Waals surface area contributed by atoms with Crippen LogP contribution in [0, 0.1) is 13.8 Å². The maximum atomic E-state index is 11.0. The van der Waals surface area contributed by atoms with Crippen LogP contribution in [-0.2, 0) is 18.4 Å². The topological polar surface area (TPSA) is 59.0 Å². The second-order valence-corrected chi connectivity index (χ2v) is 3.87. The van der Waals surface area contributed by atoms with Gasteiger partial charge in [0.15, 0.2) is 0 Å². The number of nitrogens with one attached hydrogen (secondary N) is 2. The van der Waals surface area contributed by atoms with Gasteiger partial charge < -0.3 is 10.6 Å². The molecular formula is C11H20N4O. The molecule has 0 fully saturated rings. The lowest BCUT2D eigenvalue weighted by Gasteiger charge is -2.04. The van der Waals surface area contributed by atoms with Crippen molar-refractivity contribution in [1.29, 1.82) is 0 Å². The van der Waals surface area contributed by atoms with Gasteiger partial charge in [-0.05, 0) is 13.8 Å². The number of nitrogens with zero attached hydrogens (tertiary/aromatic N) is 2. The van der Waals surface area contributed by atoms with Crippen LogP contribution in [0.4, 0.5) is 0 Å². The third kappa shape index (κ3) is 3.06. The Morgan fingerprint density at radius 3 is 2.62 bits per heavy atom. The van der Waals surface area contributed by atoms with Crippen LogP contribution in [-0.4, -0.2) is 29.3 Å². The summed E-state index contributed by atoms with van der Waals surface area (Å²) in [4.78, 5) is 11.0. The molecule has 0 spiro atoms. The molecule has 5 heteroatoms. The highest BCUT2D eigenvalue weighted by atomic mass is 16.1. The third-order valence-electron chi connectivity index (χ3n) is 2.77. The molecule has 0 saturated heterocycles. The SMILES string of the molecule is CNC(=O)CCNCc1c(C)nn(C)c1C. The molecule has 1 rings (SSSR count). The van der Waals surface area contributed by atoms with E-state index in [9.17, 15) is 4.79 Å². The quantitative estimate of drug-likeness (QED) is 0.705. The summed E-state index contributed by atoms with van der Waals surface area (Å²) < 4.78 is 1.88. The summed E-state index contributed by atoms with van der Waals surface area (Å²) in [6.45, 7) is 5.51. The van der Waals surface area contributed by atoms with Crippen LogP contribution in [0.2, 0.25) is 0 Å². The van der Waals surface area contributed by atoms with E-state index < -0.39 is 0 Å². The van der Waals surface area contributed by atoms with Crippen molar-refractivity contribution in [1.82, 2.24) is 20.4 Å².